The van der Waals surface area contributed by atoms with Gasteiger partial charge in [0.05, 0.1) is 26.1 Å². The molecule has 4 rings (SSSR count). The molecule has 0 bridgehead atoms. The topological polar surface area (TPSA) is 82.6 Å². The van der Waals surface area contributed by atoms with Gasteiger partial charge in [-0.3, -0.25) is 9.78 Å². The van der Waals surface area contributed by atoms with Gasteiger partial charge in [0.2, 0.25) is 0 Å². The number of pyridine rings is 1. The Morgan fingerprint density at radius 3 is 2.45 bits per heavy atom. The number of benzene rings is 2. The van der Waals surface area contributed by atoms with E-state index in [1.165, 1.54) is 11.3 Å². The van der Waals surface area contributed by atoms with Crippen LogP contribution >= 0.6 is 11.3 Å². The summed E-state index contributed by atoms with van der Waals surface area (Å²) < 4.78 is 16.5. The van der Waals surface area contributed by atoms with Crippen molar-refractivity contribution >= 4 is 22.9 Å². The molecule has 4 aromatic rings. The van der Waals surface area contributed by atoms with Gasteiger partial charge in [-0.05, 0) is 67.9 Å². The molecule has 1 N–H and O–H groups in total. The quantitative estimate of drug-likeness (QED) is 0.370. The van der Waals surface area contributed by atoms with E-state index in [2.05, 4.69) is 15.3 Å². The highest BCUT2D eigenvalue weighted by molar-refractivity contribution is 7.17. The van der Waals surface area contributed by atoms with Crippen molar-refractivity contribution in [3.05, 3.63) is 77.1 Å². The molecule has 33 heavy (non-hydrogen) atoms. The Kier molecular flexibility index (Phi) is 6.55. The minimum absolute atomic E-state index is 0.211. The van der Waals surface area contributed by atoms with Crippen LogP contribution in [0.5, 0.6) is 23.0 Å². The molecule has 0 unspecified atom stereocenters. The smallest absolute Gasteiger partial charge is 0.267 e. The molecule has 8 heteroatoms. The van der Waals surface area contributed by atoms with E-state index in [1.807, 2.05) is 62.4 Å². The number of aryl methyl sites for hydroxylation is 2. The maximum atomic E-state index is 13.0. The van der Waals surface area contributed by atoms with E-state index in [4.69, 9.17) is 14.2 Å². The van der Waals surface area contributed by atoms with Crippen molar-refractivity contribution in [2.45, 2.75) is 13.8 Å². The molecule has 0 radical (unpaired) electrons. The summed E-state index contributed by atoms with van der Waals surface area (Å²) in [5, 5.41) is 3.69. The number of nitrogens with zero attached hydrogens (tertiary/aromatic N) is 2. The van der Waals surface area contributed by atoms with E-state index in [9.17, 15) is 4.79 Å². The maximum Gasteiger partial charge on any atom is 0.267 e. The maximum absolute atomic E-state index is 13.0. The van der Waals surface area contributed by atoms with Crippen molar-refractivity contribution in [1.29, 1.82) is 0 Å². The predicted octanol–water partition coefficient (Wildman–Crippen LogP) is 5.88. The molecule has 0 aliphatic rings. The van der Waals surface area contributed by atoms with Gasteiger partial charge in [-0.1, -0.05) is 0 Å². The molecule has 0 saturated heterocycles. The second kappa shape index (κ2) is 9.70. The number of hydrogen-bond acceptors (Lipinski definition) is 7. The molecule has 168 valence electrons. The van der Waals surface area contributed by atoms with Gasteiger partial charge in [-0.25, -0.2) is 4.98 Å². The summed E-state index contributed by atoms with van der Waals surface area (Å²) in [5.41, 5.74) is 3.09. The number of anilines is 1. The number of rotatable bonds is 7. The van der Waals surface area contributed by atoms with Gasteiger partial charge >= 0.3 is 0 Å². The van der Waals surface area contributed by atoms with Gasteiger partial charge in [-0.2, -0.15) is 0 Å². The van der Waals surface area contributed by atoms with Crippen LogP contribution in [0, 0.1) is 13.8 Å². The molecule has 0 spiro atoms. The minimum atomic E-state index is -0.211. The molecule has 0 aliphatic heterocycles. The number of ether oxygens (including phenoxy) is 3. The first kappa shape index (κ1) is 22.3. The molecular weight excluding hydrogens is 438 g/mol. The van der Waals surface area contributed by atoms with Crippen molar-refractivity contribution in [3.8, 4) is 33.6 Å². The van der Waals surface area contributed by atoms with Gasteiger partial charge in [0.25, 0.3) is 5.91 Å². The van der Waals surface area contributed by atoms with E-state index in [0.29, 0.717) is 39.3 Å². The zero-order valence-corrected chi connectivity index (χ0v) is 19.5. The Balaban J connectivity index is 1.51. The first-order chi connectivity index (χ1) is 16.0. The standard InChI is InChI=1S/C25H23N3O4S/c1-15-12-18(8-10-20(15)32-19-6-5-11-26-14-19)28-24(29)23-16(2)27-25(33-23)17-7-9-21(30-3)22(13-17)31-4/h5-14H,1-4H3,(H,28,29). The van der Waals surface area contributed by atoms with Crippen molar-refractivity contribution in [3.63, 3.8) is 0 Å². The van der Waals surface area contributed by atoms with Crippen molar-refractivity contribution in [1.82, 2.24) is 9.97 Å². The number of nitrogens with one attached hydrogen (secondary N) is 1. The lowest BCUT2D eigenvalue weighted by Gasteiger charge is -2.11. The van der Waals surface area contributed by atoms with E-state index in [-0.39, 0.29) is 5.91 Å². The van der Waals surface area contributed by atoms with E-state index >= 15 is 0 Å². The molecule has 0 atom stereocenters. The van der Waals surface area contributed by atoms with Crippen LogP contribution in [0.25, 0.3) is 10.6 Å². The van der Waals surface area contributed by atoms with E-state index in [1.54, 1.807) is 26.6 Å². The molecule has 0 saturated carbocycles. The average Bonchev–Trinajstić information content (AvgIpc) is 3.22. The van der Waals surface area contributed by atoms with Gasteiger partial charge in [-0.15, -0.1) is 11.3 Å². The fourth-order valence-corrected chi connectivity index (χ4v) is 4.22. The Bertz CT molecular complexity index is 1290. The van der Waals surface area contributed by atoms with Gasteiger partial charge < -0.3 is 19.5 Å². The molecule has 2 aromatic carbocycles. The van der Waals surface area contributed by atoms with Crippen LogP contribution in [0.3, 0.4) is 0 Å². The highest BCUT2D eigenvalue weighted by atomic mass is 32.1. The third kappa shape index (κ3) is 4.96. The first-order valence-corrected chi connectivity index (χ1v) is 11.0. The van der Waals surface area contributed by atoms with Crippen molar-refractivity contribution in [2.24, 2.45) is 0 Å². The van der Waals surface area contributed by atoms with Gasteiger partial charge in [0, 0.05) is 17.4 Å². The SMILES string of the molecule is COc1ccc(-c2nc(C)c(C(=O)Nc3ccc(Oc4cccnc4)c(C)c3)s2)cc1OC. The Hall–Kier alpha value is -3.91. The van der Waals surface area contributed by atoms with Crippen LogP contribution in [0.1, 0.15) is 20.9 Å². The molecular formula is C25H23N3O4S. The number of methoxy groups -OCH3 is 2. The summed E-state index contributed by atoms with van der Waals surface area (Å²) in [4.78, 5) is 22.2. The summed E-state index contributed by atoms with van der Waals surface area (Å²) in [5.74, 6) is 2.39. The second-order valence-electron chi connectivity index (χ2n) is 7.23. The summed E-state index contributed by atoms with van der Waals surface area (Å²) in [7, 11) is 3.18. The van der Waals surface area contributed by atoms with Crippen molar-refractivity contribution in [2.75, 3.05) is 19.5 Å². The van der Waals surface area contributed by atoms with E-state index < -0.39 is 0 Å². The third-order valence-corrected chi connectivity index (χ3v) is 6.13. The minimum Gasteiger partial charge on any atom is -0.493 e. The highest BCUT2D eigenvalue weighted by Crippen LogP contribution is 2.35. The first-order valence-electron chi connectivity index (χ1n) is 10.2. The zero-order chi connectivity index (χ0) is 23.4. The normalized spacial score (nSPS) is 10.5. The average molecular weight is 462 g/mol. The van der Waals surface area contributed by atoms with Gasteiger partial charge in [0.15, 0.2) is 11.5 Å². The lowest BCUT2D eigenvalue weighted by molar-refractivity contribution is 0.103. The predicted molar refractivity (Wildman–Crippen MR) is 129 cm³/mol. The zero-order valence-electron chi connectivity index (χ0n) is 18.7. The second-order valence-corrected chi connectivity index (χ2v) is 8.23. The number of carbonyl (C=O) groups is 1. The van der Waals surface area contributed by atoms with Crippen LogP contribution in [-0.2, 0) is 0 Å². The Morgan fingerprint density at radius 2 is 1.76 bits per heavy atom. The summed E-state index contributed by atoms with van der Waals surface area (Å²) >= 11 is 1.33. The van der Waals surface area contributed by atoms with Gasteiger partial charge in [0.1, 0.15) is 21.4 Å². The van der Waals surface area contributed by atoms with Crippen LogP contribution in [-0.4, -0.2) is 30.1 Å². The molecule has 0 aliphatic carbocycles. The number of aromatic nitrogens is 2. The number of thiazole rings is 1. The van der Waals surface area contributed by atoms with Crippen LogP contribution in [0.2, 0.25) is 0 Å². The highest BCUT2D eigenvalue weighted by Gasteiger charge is 2.18. The lowest BCUT2D eigenvalue weighted by Crippen LogP contribution is -2.11. The lowest BCUT2D eigenvalue weighted by atomic mass is 10.2. The Labute approximate surface area is 196 Å². The number of carbonyl (C=O) groups excluding carboxylic acids is 1. The fraction of sp³-hybridized carbons (Fsp3) is 0.160. The third-order valence-electron chi connectivity index (χ3n) is 4.93. The summed E-state index contributed by atoms with van der Waals surface area (Å²) in [6.07, 6.45) is 3.34. The summed E-state index contributed by atoms with van der Waals surface area (Å²) in [6.45, 7) is 3.75. The number of hydrogen-bond donors (Lipinski definition) is 1. The molecule has 0 fully saturated rings. The monoisotopic (exact) mass is 461 g/mol. The number of amides is 1. The largest absolute Gasteiger partial charge is 0.493 e. The summed E-state index contributed by atoms with van der Waals surface area (Å²) in [6, 6.07) is 14.7. The van der Waals surface area contributed by atoms with Crippen LogP contribution < -0.4 is 19.5 Å². The van der Waals surface area contributed by atoms with Crippen LogP contribution in [0.4, 0.5) is 5.69 Å². The Morgan fingerprint density at radius 1 is 0.970 bits per heavy atom. The van der Waals surface area contributed by atoms with Crippen molar-refractivity contribution < 1.29 is 19.0 Å². The van der Waals surface area contributed by atoms with Crippen LogP contribution in [0.15, 0.2) is 60.9 Å². The molecule has 2 heterocycles. The fourth-order valence-electron chi connectivity index (χ4n) is 3.26. The molecule has 1 amide bonds. The van der Waals surface area contributed by atoms with E-state index in [0.717, 1.165) is 16.1 Å². The molecule has 7 nitrogen and oxygen atoms in total. The molecule has 2 aromatic heterocycles.